The first-order valence-corrected chi connectivity index (χ1v) is 8.41. The number of phenolic OH excluding ortho intramolecular Hbond substituents is 2. The van der Waals surface area contributed by atoms with Crippen molar-refractivity contribution >= 4 is 11.0 Å². The normalized spacial score (nSPS) is 13.9. The van der Waals surface area contributed by atoms with E-state index in [4.69, 9.17) is 4.42 Å². The Balaban J connectivity index is 0.000000258. The zero-order valence-corrected chi connectivity index (χ0v) is 13.9. The molecular formula is C20H21NO4. The van der Waals surface area contributed by atoms with Crippen LogP contribution in [-0.2, 0) is 0 Å². The Hall–Kier alpha value is -2.79. The molecule has 3 aromatic rings. The van der Waals surface area contributed by atoms with E-state index in [1.54, 1.807) is 0 Å². The summed E-state index contributed by atoms with van der Waals surface area (Å²) in [5.74, 6) is -0.0511. The molecule has 4 rings (SSSR count). The maximum absolute atomic E-state index is 12.0. The van der Waals surface area contributed by atoms with Gasteiger partial charge >= 0.3 is 0 Å². The summed E-state index contributed by atoms with van der Waals surface area (Å²) in [4.78, 5) is 12.0. The van der Waals surface area contributed by atoms with Gasteiger partial charge in [0, 0.05) is 23.8 Å². The van der Waals surface area contributed by atoms with Crippen molar-refractivity contribution in [2.24, 2.45) is 0 Å². The molecule has 5 heteroatoms. The van der Waals surface area contributed by atoms with Crippen LogP contribution in [0.1, 0.15) is 19.3 Å². The molecule has 0 amide bonds. The molecule has 1 saturated heterocycles. The minimum atomic E-state index is -0.349. The summed E-state index contributed by atoms with van der Waals surface area (Å²) < 4.78 is 5.57. The van der Waals surface area contributed by atoms with Crippen molar-refractivity contribution < 1.29 is 14.6 Å². The van der Waals surface area contributed by atoms with Gasteiger partial charge in [-0.15, -0.1) is 0 Å². The van der Waals surface area contributed by atoms with E-state index in [1.165, 1.54) is 44.5 Å². The van der Waals surface area contributed by atoms with Gasteiger partial charge in [-0.25, -0.2) is 0 Å². The quantitative estimate of drug-likeness (QED) is 0.630. The second-order valence-corrected chi connectivity index (χ2v) is 5.99. The number of piperidine rings is 1. The molecule has 0 saturated carbocycles. The van der Waals surface area contributed by atoms with Crippen LogP contribution in [0.25, 0.3) is 22.3 Å². The molecule has 1 aliphatic rings. The highest BCUT2D eigenvalue weighted by Crippen LogP contribution is 2.30. The Bertz CT molecular complexity index is 887. The first-order chi connectivity index (χ1) is 12.1. The van der Waals surface area contributed by atoms with Gasteiger partial charge in [0.2, 0.25) is 0 Å². The van der Waals surface area contributed by atoms with E-state index in [0.29, 0.717) is 5.76 Å². The molecule has 2 aromatic carbocycles. The Morgan fingerprint density at radius 3 is 2.24 bits per heavy atom. The topological polar surface area (TPSA) is 82.7 Å². The Kier molecular flexibility index (Phi) is 5.36. The molecule has 25 heavy (non-hydrogen) atoms. The standard InChI is InChI=1S/C15H10O4.C5H11N/c16-10-6-11(17)15-12(18)8-13(19-14(15)7-10)9-4-2-1-3-5-9;1-2-4-6-5-3-1/h1-8,16-17H;6H,1-5H2. The van der Waals surface area contributed by atoms with E-state index in [1.807, 2.05) is 30.3 Å². The van der Waals surface area contributed by atoms with Crippen molar-refractivity contribution in [3.8, 4) is 22.8 Å². The lowest BCUT2D eigenvalue weighted by molar-refractivity contribution is 0.452. The van der Waals surface area contributed by atoms with Crippen LogP contribution >= 0.6 is 0 Å². The highest BCUT2D eigenvalue weighted by molar-refractivity contribution is 5.85. The molecule has 0 bridgehead atoms. The molecule has 130 valence electrons. The van der Waals surface area contributed by atoms with Crippen LogP contribution in [0.4, 0.5) is 0 Å². The summed E-state index contributed by atoms with van der Waals surface area (Å²) >= 11 is 0. The van der Waals surface area contributed by atoms with Crippen molar-refractivity contribution in [3.63, 3.8) is 0 Å². The summed E-state index contributed by atoms with van der Waals surface area (Å²) in [7, 11) is 0. The molecule has 1 fully saturated rings. The highest BCUT2D eigenvalue weighted by Gasteiger charge is 2.11. The van der Waals surface area contributed by atoms with Crippen molar-refractivity contribution in [2.45, 2.75) is 19.3 Å². The lowest BCUT2D eigenvalue weighted by Gasteiger charge is -2.08. The van der Waals surface area contributed by atoms with E-state index in [9.17, 15) is 15.0 Å². The maximum Gasteiger partial charge on any atom is 0.197 e. The fourth-order valence-electron chi connectivity index (χ4n) is 2.80. The van der Waals surface area contributed by atoms with E-state index in [2.05, 4.69) is 5.32 Å². The van der Waals surface area contributed by atoms with Gasteiger partial charge < -0.3 is 19.9 Å². The summed E-state index contributed by atoms with van der Waals surface area (Å²) in [6.07, 6.45) is 4.22. The van der Waals surface area contributed by atoms with Crippen LogP contribution in [-0.4, -0.2) is 23.3 Å². The van der Waals surface area contributed by atoms with Crippen molar-refractivity contribution in [2.75, 3.05) is 13.1 Å². The van der Waals surface area contributed by atoms with Gasteiger partial charge in [-0.05, 0) is 25.9 Å². The third-order valence-electron chi connectivity index (χ3n) is 4.06. The zero-order valence-electron chi connectivity index (χ0n) is 13.9. The Morgan fingerprint density at radius 1 is 0.920 bits per heavy atom. The van der Waals surface area contributed by atoms with Crippen LogP contribution in [0.2, 0.25) is 0 Å². The lowest BCUT2D eigenvalue weighted by Crippen LogP contribution is -2.21. The van der Waals surface area contributed by atoms with Gasteiger partial charge in [0.1, 0.15) is 28.2 Å². The van der Waals surface area contributed by atoms with Gasteiger partial charge in [-0.3, -0.25) is 4.79 Å². The summed E-state index contributed by atoms with van der Waals surface area (Å²) in [6, 6.07) is 12.9. The van der Waals surface area contributed by atoms with E-state index < -0.39 is 0 Å². The molecule has 0 atom stereocenters. The fourth-order valence-corrected chi connectivity index (χ4v) is 2.80. The lowest BCUT2D eigenvalue weighted by atomic mass is 10.1. The van der Waals surface area contributed by atoms with Gasteiger partial charge in [0.05, 0.1) is 0 Å². The van der Waals surface area contributed by atoms with E-state index in [-0.39, 0.29) is 27.9 Å². The molecular weight excluding hydrogens is 318 g/mol. The van der Waals surface area contributed by atoms with E-state index in [0.717, 1.165) is 11.6 Å². The number of aromatic hydroxyl groups is 2. The Morgan fingerprint density at radius 2 is 1.64 bits per heavy atom. The van der Waals surface area contributed by atoms with Crippen LogP contribution in [0, 0.1) is 0 Å². The average molecular weight is 339 g/mol. The predicted octanol–water partition coefficient (Wildman–Crippen LogP) is 3.63. The Labute approximate surface area is 145 Å². The number of hydrogen-bond donors (Lipinski definition) is 3. The third kappa shape index (κ3) is 4.19. The molecule has 0 radical (unpaired) electrons. The molecule has 0 aliphatic carbocycles. The van der Waals surface area contributed by atoms with Crippen LogP contribution in [0.15, 0.2) is 57.7 Å². The van der Waals surface area contributed by atoms with Crippen molar-refractivity contribution in [3.05, 3.63) is 58.8 Å². The third-order valence-corrected chi connectivity index (χ3v) is 4.06. The number of fused-ring (bicyclic) bond motifs is 1. The minimum Gasteiger partial charge on any atom is -0.508 e. The second-order valence-electron chi connectivity index (χ2n) is 5.99. The van der Waals surface area contributed by atoms with E-state index >= 15 is 0 Å². The molecule has 5 nitrogen and oxygen atoms in total. The second kappa shape index (κ2) is 7.85. The predicted molar refractivity (Wildman–Crippen MR) is 98.0 cm³/mol. The molecule has 2 heterocycles. The van der Waals surface area contributed by atoms with Crippen molar-refractivity contribution in [1.82, 2.24) is 5.32 Å². The smallest absolute Gasteiger partial charge is 0.197 e. The van der Waals surface area contributed by atoms with Gasteiger partial charge in [0.25, 0.3) is 0 Å². The summed E-state index contributed by atoms with van der Waals surface area (Å²) in [6.45, 7) is 2.50. The first kappa shape index (κ1) is 17.0. The van der Waals surface area contributed by atoms with Gasteiger partial charge in [0.15, 0.2) is 5.43 Å². The number of benzene rings is 2. The monoisotopic (exact) mass is 339 g/mol. The van der Waals surface area contributed by atoms with Gasteiger partial charge in [-0.2, -0.15) is 0 Å². The van der Waals surface area contributed by atoms with Crippen LogP contribution < -0.4 is 10.7 Å². The summed E-state index contributed by atoms with van der Waals surface area (Å²) in [5, 5.41) is 22.5. The number of rotatable bonds is 1. The molecule has 1 aliphatic heterocycles. The molecule has 0 spiro atoms. The van der Waals surface area contributed by atoms with Crippen LogP contribution in [0.3, 0.4) is 0 Å². The highest BCUT2D eigenvalue weighted by atomic mass is 16.3. The fraction of sp³-hybridized carbons (Fsp3) is 0.250. The van der Waals surface area contributed by atoms with Gasteiger partial charge in [-0.1, -0.05) is 36.8 Å². The SMILES string of the molecule is C1CCNCC1.O=c1cc(-c2ccccc2)oc2cc(O)cc(O)c12. The molecule has 1 aromatic heterocycles. The average Bonchev–Trinajstić information content (AvgIpc) is 2.63. The molecule has 0 unspecified atom stereocenters. The summed E-state index contributed by atoms with van der Waals surface area (Å²) in [5.41, 5.74) is 0.561. The zero-order chi connectivity index (χ0) is 17.6. The molecule has 3 N–H and O–H groups in total. The van der Waals surface area contributed by atoms with Crippen molar-refractivity contribution in [1.29, 1.82) is 0 Å². The van der Waals surface area contributed by atoms with Crippen LogP contribution in [0.5, 0.6) is 11.5 Å². The first-order valence-electron chi connectivity index (χ1n) is 8.41. The number of nitrogens with one attached hydrogen (secondary N) is 1. The number of hydrogen-bond acceptors (Lipinski definition) is 5. The number of phenols is 2. The largest absolute Gasteiger partial charge is 0.508 e. The maximum atomic E-state index is 12.0. The minimum absolute atomic E-state index is 0.0671.